The molecule has 0 aliphatic heterocycles. The zero-order valence-corrected chi connectivity index (χ0v) is 18.7. The van der Waals surface area contributed by atoms with Crippen molar-refractivity contribution in [3.05, 3.63) is 65.8 Å². The lowest BCUT2D eigenvalue weighted by molar-refractivity contribution is 0.354. The first-order valence-corrected chi connectivity index (χ1v) is 10.6. The average molecular weight is 441 g/mol. The van der Waals surface area contributed by atoms with Gasteiger partial charge in [-0.3, -0.25) is 4.99 Å². The van der Waals surface area contributed by atoms with E-state index in [0.717, 1.165) is 53.8 Å². The van der Waals surface area contributed by atoms with E-state index in [4.69, 9.17) is 13.9 Å². The Morgan fingerprint density at radius 3 is 2.53 bits per heavy atom. The van der Waals surface area contributed by atoms with Crippen molar-refractivity contribution in [3.8, 4) is 23.0 Å². The Hall–Kier alpha value is -3.55. The SMILES string of the molecule is CCNC(=NCCc1coc(-c2ccc(F)cc2)n1)NCCc1ccc(OC)c(OC)c1. The number of halogens is 1. The summed E-state index contributed by atoms with van der Waals surface area (Å²) >= 11 is 0. The topological polar surface area (TPSA) is 80.9 Å². The maximum absolute atomic E-state index is 13.1. The minimum atomic E-state index is -0.288. The summed E-state index contributed by atoms with van der Waals surface area (Å²) in [4.78, 5) is 9.08. The van der Waals surface area contributed by atoms with E-state index >= 15 is 0 Å². The third kappa shape index (κ3) is 6.47. The van der Waals surface area contributed by atoms with Gasteiger partial charge in [-0.25, -0.2) is 9.37 Å². The number of hydrogen-bond donors (Lipinski definition) is 2. The monoisotopic (exact) mass is 440 g/mol. The quantitative estimate of drug-likeness (QED) is 0.368. The van der Waals surface area contributed by atoms with Gasteiger partial charge in [-0.2, -0.15) is 0 Å². The summed E-state index contributed by atoms with van der Waals surface area (Å²) in [6.07, 6.45) is 3.07. The number of nitrogens with zero attached hydrogens (tertiary/aromatic N) is 2. The van der Waals surface area contributed by atoms with Crippen LogP contribution in [-0.2, 0) is 12.8 Å². The van der Waals surface area contributed by atoms with Crippen molar-refractivity contribution in [2.24, 2.45) is 4.99 Å². The number of guanidine groups is 1. The Morgan fingerprint density at radius 1 is 1.03 bits per heavy atom. The number of rotatable bonds is 10. The van der Waals surface area contributed by atoms with Crippen molar-refractivity contribution in [3.63, 3.8) is 0 Å². The number of aromatic nitrogens is 1. The van der Waals surface area contributed by atoms with E-state index in [1.54, 1.807) is 32.6 Å². The van der Waals surface area contributed by atoms with Crippen LogP contribution in [0.4, 0.5) is 4.39 Å². The van der Waals surface area contributed by atoms with Gasteiger partial charge in [0.05, 0.1) is 19.9 Å². The fourth-order valence-corrected chi connectivity index (χ4v) is 3.13. The first-order valence-electron chi connectivity index (χ1n) is 10.6. The molecule has 1 heterocycles. The van der Waals surface area contributed by atoms with Crippen LogP contribution in [0, 0.1) is 5.82 Å². The van der Waals surface area contributed by atoms with Crippen molar-refractivity contribution >= 4 is 5.96 Å². The normalized spacial score (nSPS) is 11.3. The number of aliphatic imine (C=N–C) groups is 1. The summed E-state index contributed by atoms with van der Waals surface area (Å²) in [6.45, 7) is 4.07. The van der Waals surface area contributed by atoms with Crippen LogP contribution in [-0.4, -0.2) is 44.8 Å². The summed E-state index contributed by atoms with van der Waals surface area (Å²) in [5, 5.41) is 6.59. The van der Waals surface area contributed by atoms with Crippen molar-refractivity contribution in [1.29, 1.82) is 0 Å². The van der Waals surface area contributed by atoms with Gasteiger partial charge in [0.1, 0.15) is 12.1 Å². The lowest BCUT2D eigenvalue weighted by atomic mass is 10.1. The predicted molar refractivity (Wildman–Crippen MR) is 123 cm³/mol. The molecule has 0 fully saturated rings. The summed E-state index contributed by atoms with van der Waals surface area (Å²) in [5.41, 5.74) is 2.68. The summed E-state index contributed by atoms with van der Waals surface area (Å²) in [6, 6.07) is 12.0. The lowest BCUT2D eigenvalue weighted by Gasteiger charge is -2.12. The van der Waals surface area contributed by atoms with E-state index in [2.05, 4.69) is 20.6 Å². The molecule has 1 aromatic heterocycles. The Labute approximate surface area is 187 Å². The zero-order valence-electron chi connectivity index (χ0n) is 18.7. The third-order valence-electron chi connectivity index (χ3n) is 4.78. The van der Waals surface area contributed by atoms with Crippen molar-refractivity contribution < 1.29 is 18.3 Å². The Morgan fingerprint density at radius 2 is 1.81 bits per heavy atom. The van der Waals surface area contributed by atoms with Gasteiger partial charge < -0.3 is 24.5 Å². The number of hydrogen-bond acceptors (Lipinski definition) is 5. The van der Waals surface area contributed by atoms with Gasteiger partial charge >= 0.3 is 0 Å². The standard InChI is InChI=1S/C24H29FN4O3/c1-4-26-24(27-13-11-17-5-10-21(30-2)22(15-17)31-3)28-14-12-20-16-32-23(29-20)18-6-8-19(25)9-7-18/h5-10,15-16H,4,11-14H2,1-3H3,(H2,26,27,28). The second-order valence-electron chi connectivity index (χ2n) is 7.03. The van der Waals surface area contributed by atoms with Gasteiger partial charge in [-0.1, -0.05) is 6.07 Å². The van der Waals surface area contributed by atoms with Crippen LogP contribution in [0.5, 0.6) is 11.5 Å². The first kappa shape index (κ1) is 23.1. The summed E-state index contributed by atoms with van der Waals surface area (Å²) in [5.74, 6) is 2.37. The molecule has 0 unspecified atom stereocenters. The van der Waals surface area contributed by atoms with Gasteiger partial charge in [0.2, 0.25) is 5.89 Å². The largest absolute Gasteiger partial charge is 0.493 e. The average Bonchev–Trinajstić information content (AvgIpc) is 3.28. The van der Waals surface area contributed by atoms with Crippen LogP contribution >= 0.6 is 0 Å². The van der Waals surface area contributed by atoms with Crippen LogP contribution in [0.1, 0.15) is 18.2 Å². The van der Waals surface area contributed by atoms with E-state index in [0.29, 0.717) is 18.9 Å². The number of oxazole rings is 1. The molecule has 0 aliphatic rings. The molecule has 2 N–H and O–H groups in total. The van der Waals surface area contributed by atoms with Crippen molar-refractivity contribution in [2.45, 2.75) is 19.8 Å². The molecule has 7 nitrogen and oxygen atoms in total. The molecular formula is C24H29FN4O3. The molecule has 0 aliphatic carbocycles. The van der Waals surface area contributed by atoms with E-state index in [1.807, 2.05) is 25.1 Å². The molecule has 2 aromatic carbocycles. The molecule has 32 heavy (non-hydrogen) atoms. The number of methoxy groups -OCH3 is 2. The maximum Gasteiger partial charge on any atom is 0.226 e. The molecule has 0 saturated heterocycles. The highest BCUT2D eigenvalue weighted by molar-refractivity contribution is 5.79. The van der Waals surface area contributed by atoms with E-state index < -0.39 is 0 Å². The number of benzene rings is 2. The zero-order chi connectivity index (χ0) is 22.8. The summed E-state index contributed by atoms with van der Waals surface area (Å²) in [7, 11) is 3.26. The minimum absolute atomic E-state index is 0.288. The Bertz CT molecular complexity index is 1020. The third-order valence-corrected chi connectivity index (χ3v) is 4.78. The first-order chi connectivity index (χ1) is 15.6. The second kappa shape index (κ2) is 11.7. The Kier molecular flexibility index (Phi) is 8.48. The van der Waals surface area contributed by atoms with Crippen molar-refractivity contribution in [2.75, 3.05) is 33.9 Å². The fraction of sp³-hybridized carbons (Fsp3) is 0.333. The van der Waals surface area contributed by atoms with E-state index in [1.165, 1.54) is 12.1 Å². The molecule has 0 saturated carbocycles. The molecule has 0 radical (unpaired) electrons. The van der Waals surface area contributed by atoms with E-state index in [-0.39, 0.29) is 5.82 Å². The predicted octanol–water partition coefficient (Wildman–Crippen LogP) is 3.84. The van der Waals surface area contributed by atoms with Gasteiger partial charge in [-0.15, -0.1) is 0 Å². The van der Waals surface area contributed by atoms with E-state index in [9.17, 15) is 4.39 Å². The summed E-state index contributed by atoms with van der Waals surface area (Å²) < 4.78 is 29.2. The van der Waals surface area contributed by atoms with Crippen molar-refractivity contribution in [1.82, 2.24) is 15.6 Å². The van der Waals surface area contributed by atoms with Gasteiger partial charge in [0, 0.05) is 31.6 Å². The molecule has 0 spiro atoms. The highest BCUT2D eigenvalue weighted by Crippen LogP contribution is 2.27. The van der Waals surface area contributed by atoms with Crippen LogP contribution in [0.25, 0.3) is 11.5 Å². The molecule has 0 amide bonds. The molecule has 0 atom stereocenters. The van der Waals surface area contributed by atoms with Crippen LogP contribution in [0.3, 0.4) is 0 Å². The van der Waals surface area contributed by atoms with Gasteiger partial charge in [0.25, 0.3) is 0 Å². The maximum atomic E-state index is 13.1. The Balaban J connectivity index is 1.51. The second-order valence-corrected chi connectivity index (χ2v) is 7.03. The van der Waals surface area contributed by atoms with Crippen LogP contribution in [0.2, 0.25) is 0 Å². The molecule has 3 aromatic rings. The van der Waals surface area contributed by atoms with Gasteiger partial charge in [-0.05, 0) is 55.3 Å². The number of ether oxygens (including phenoxy) is 2. The fourth-order valence-electron chi connectivity index (χ4n) is 3.13. The smallest absolute Gasteiger partial charge is 0.226 e. The molecule has 170 valence electrons. The highest BCUT2D eigenvalue weighted by Gasteiger charge is 2.08. The molecule has 0 bridgehead atoms. The molecular weight excluding hydrogens is 411 g/mol. The van der Waals surface area contributed by atoms with Crippen LogP contribution in [0.15, 0.2) is 58.1 Å². The molecule has 8 heteroatoms. The van der Waals surface area contributed by atoms with Crippen LogP contribution < -0.4 is 20.1 Å². The minimum Gasteiger partial charge on any atom is -0.493 e. The lowest BCUT2D eigenvalue weighted by Crippen LogP contribution is -2.38. The van der Waals surface area contributed by atoms with Gasteiger partial charge in [0.15, 0.2) is 17.5 Å². The molecule has 3 rings (SSSR count). The number of nitrogens with one attached hydrogen (secondary N) is 2. The highest BCUT2D eigenvalue weighted by atomic mass is 19.1.